The molecule has 0 aliphatic carbocycles. The molecular formula is C9H9BrN6. The van der Waals surface area contributed by atoms with Crippen LogP contribution in [0.15, 0.2) is 49.3 Å². The number of para-hydroxylation sites is 1. The van der Waals surface area contributed by atoms with Gasteiger partial charge in [-0.3, -0.25) is 5.43 Å². The maximum Gasteiger partial charge on any atom is 0.182 e. The van der Waals surface area contributed by atoms with Gasteiger partial charge in [-0.2, -0.15) is 0 Å². The lowest BCUT2D eigenvalue weighted by Crippen LogP contribution is -2.10. The molecule has 0 radical (unpaired) electrons. The van der Waals surface area contributed by atoms with Gasteiger partial charge in [-0.25, -0.2) is 0 Å². The molecule has 1 aromatic carbocycles. The minimum absolute atomic E-state index is 0.446. The molecule has 1 heterocycles. The zero-order chi connectivity index (χ0) is 11.4. The third-order valence-corrected chi connectivity index (χ3v) is 2.53. The molecule has 16 heavy (non-hydrogen) atoms. The Morgan fingerprint density at radius 1 is 1.31 bits per heavy atom. The van der Waals surface area contributed by atoms with Gasteiger partial charge in [-0.1, -0.05) is 17.4 Å². The second kappa shape index (κ2) is 4.84. The second-order valence-electron chi connectivity index (χ2n) is 3.08. The summed E-state index contributed by atoms with van der Waals surface area (Å²) >= 11 is 3.38. The van der Waals surface area contributed by atoms with Crippen LogP contribution in [0.25, 0.3) is 0 Å². The van der Waals surface area contributed by atoms with E-state index in [9.17, 15) is 0 Å². The number of nitrogens with one attached hydrogen (secondary N) is 1. The highest BCUT2D eigenvalue weighted by molar-refractivity contribution is 9.10. The monoisotopic (exact) mass is 280 g/mol. The maximum atomic E-state index is 5.44. The van der Waals surface area contributed by atoms with Crippen LogP contribution in [0.3, 0.4) is 0 Å². The van der Waals surface area contributed by atoms with Crippen LogP contribution in [0.1, 0.15) is 6.42 Å². The predicted molar refractivity (Wildman–Crippen MR) is 66.3 cm³/mol. The molecule has 1 aromatic rings. The summed E-state index contributed by atoms with van der Waals surface area (Å²) in [6.07, 6.45) is 0.446. The van der Waals surface area contributed by atoms with Crippen molar-refractivity contribution in [3.8, 4) is 0 Å². The fourth-order valence-electron chi connectivity index (χ4n) is 1.10. The number of amidine groups is 2. The van der Waals surface area contributed by atoms with Crippen LogP contribution in [0, 0.1) is 0 Å². The Morgan fingerprint density at radius 2 is 2.12 bits per heavy atom. The molecule has 0 aromatic heterocycles. The normalized spacial score (nSPS) is 15.1. The van der Waals surface area contributed by atoms with Gasteiger partial charge in [0.1, 0.15) is 5.84 Å². The van der Waals surface area contributed by atoms with Gasteiger partial charge < -0.3 is 5.73 Å². The molecule has 7 heteroatoms. The molecule has 1 aliphatic heterocycles. The number of nitrogens with zero attached hydrogens (tertiary/aromatic N) is 4. The van der Waals surface area contributed by atoms with Gasteiger partial charge in [0.15, 0.2) is 5.84 Å². The standard InChI is InChI=1S/C9H9BrN6/c10-6-3-1-2-4-7(6)12-16-15-9-5-8(11)13-14-9/h1-4H,5H2,(H2,11,13)(H,12,14,15). The Labute approximate surface area is 100 Å². The number of nitrogens with two attached hydrogens (primary N) is 1. The van der Waals surface area contributed by atoms with Crippen molar-refractivity contribution in [3.05, 3.63) is 28.7 Å². The smallest absolute Gasteiger partial charge is 0.182 e. The summed E-state index contributed by atoms with van der Waals surface area (Å²) in [7, 11) is 0. The van der Waals surface area contributed by atoms with E-state index in [1.807, 2.05) is 24.3 Å². The first kappa shape index (κ1) is 10.7. The van der Waals surface area contributed by atoms with Gasteiger partial charge in [0.05, 0.1) is 12.1 Å². The summed E-state index contributed by atoms with van der Waals surface area (Å²) in [6.45, 7) is 0. The topological polar surface area (TPSA) is 87.5 Å². The first-order valence-corrected chi connectivity index (χ1v) is 5.35. The summed E-state index contributed by atoms with van der Waals surface area (Å²) in [5.41, 5.74) is 9.06. The van der Waals surface area contributed by atoms with E-state index in [0.29, 0.717) is 18.1 Å². The lowest BCUT2D eigenvalue weighted by molar-refractivity contribution is 1.13. The summed E-state index contributed by atoms with van der Waals surface area (Å²) in [6, 6.07) is 7.61. The van der Waals surface area contributed by atoms with Gasteiger partial charge in [0.2, 0.25) is 0 Å². The minimum atomic E-state index is 0.446. The van der Waals surface area contributed by atoms with Gasteiger partial charge >= 0.3 is 0 Å². The van der Waals surface area contributed by atoms with Crippen molar-refractivity contribution < 1.29 is 0 Å². The van der Waals surface area contributed by atoms with Crippen molar-refractivity contribution in [2.75, 3.05) is 5.43 Å². The first-order valence-electron chi connectivity index (χ1n) is 4.56. The number of anilines is 1. The average Bonchev–Trinajstić information content (AvgIpc) is 2.67. The molecule has 1 aliphatic rings. The van der Waals surface area contributed by atoms with Crippen molar-refractivity contribution >= 4 is 33.3 Å². The van der Waals surface area contributed by atoms with E-state index in [2.05, 4.69) is 41.9 Å². The average molecular weight is 281 g/mol. The van der Waals surface area contributed by atoms with Crippen LogP contribution in [-0.4, -0.2) is 11.7 Å². The van der Waals surface area contributed by atoms with Crippen molar-refractivity contribution in [1.82, 2.24) is 0 Å². The van der Waals surface area contributed by atoms with Gasteiger partial charge in [0, 0.05) is 4.47 Å². The van der Waals surface area contributed by atoms with Crippen LogP contribution in [0.2, 0.25) is 0 Å². The summed E-state index contributed by atoms with van der Waals surface area (Å²) in [5, 5.41) is 15.1. The molecule has 0 saturated heterocycles. The number of hydrogen-bond donors (Lipinski definition) is 2. The van der Waals surface area contributed by atoms with Crippen LogP contribution >= 0.6 is 15.9 Å². The Bertz CT molecular complexity index is 479. The molecule has 0 saturated carbocycles. The Morgan fingerprint density at radius 3 is 2.81 bits per heavy atom. The van der Waals surface area contributed by atoms with Crippen molar-refractivity contribution in [2.45, 2.75) is 6.42 Å². The third-order valence-electron chi connectivity index (χ3n) is 1.84. The molecule has 82 valence electrons. The van der Waals surface area contributed by atoms with Crippen LogP contribution in [0.5, 0.6) is 0 Å². The highest BCUT2D eigenvalue weighted by Crippen LogP contribution is 2.21. The molecule has 0 bridgehead atoms. The number of benzene rings is 1. The van der Waals surface area contributed by atoms with E-state index < -0.39 is 0 Å². The van der Waals surface area contributed by atoms with Crippen LogP contribution < -0.4 is 11.2 Å². The van der Waals surface area contributed by atoms with Crippen molar-refractivity contribution in [2.24, 2.45) is 26.3 Å². The zero-order valence-electron chi connectivity index (χ0n) is 8.26. The fourth-order valence-corrected chi connectivity index (χ4v) is 1.47. The van der Waals surface area contributed by atoms with E-state index in [-0.39, 0.29) is 0 Å². The highest BCUT2D eigenvalue weighted by atomic mass is 79.9. The predicted octanol–water partition coefficient (Wildman–Crippen LogP) is 2.30. The van der Waals surface area contributed by atoms with E-state index >= 15 is 0 Å². The Kier molecular flexibility index (Phi) is 3.25. The molecule has 0 atom stereocenters. The third kappa shape index (κ3) is 2.63. The lowest BCUT2D eigenvalue weighted by Gasteiger charge is -2.00. The van der Waals surface area contributed by atoms with Gasteiger partial charge in [-0.15, -0.1) is 15.3 Å². The lowest BCUT2D eigenvalue weighted by atomic mass is 10.3. The van der Waals surface area contributed by atoms with E-state index in [1.165, 1.54) is 0 Å². The number of rotatable bonds is 2. The van der Waals surface area contributed by atoms with Gasteiger partial charge in [-0.05, 0) is 28.1 Å². The fraction of sp³-hybridized carbons (Fsp3) is 0.111. The highest BCUT2D eigenvalue weighted by Gasteiger charge is 2.07. The molecule has 0 amide bonds. The SMILES string of the molecule is NC1=NN=C(N=NNc2ccccc2Br)C1. The van der Waals surface area contributed by atoms with Crippen molar-refractivity contribution in [1.29, 1.82) is 0 Å². The quantitative estimate of drug-likeness (QED) is 0.643. The Balaban J connectivity index is 1.93. The van der Waals surface area contributed by atoms with Crippen LogP contribution in [0.4, 0.5) is 5.69 Å². The Hall–Kier alpha value is -1.76. The molecule has 0 spiro atoms. The van der Waals surface area contributed by atoms with Crippen LogP contribution in [-0.2, 0) is 0 Å². The summed E-state index contributed by atoms with van der Waals surface area (Å²) in [4.78, 5) is 0. The van der Waals surface area contributed by atoms with E-state index in [1.54, 1.807) is 0 Å². The molecular weight excluding hydrogens is 272 g/mol. The summed E-state index contributed by atoms with van der Waals surface area (Å²) in [5.74, 6) is 0.951. The summed E-state index contributed by atoms with van der Waals surface area (Å²) < 4.78 is 0.915. The molecule has 2 rings (SSSR count). The minimum Gasteiger partial charge on any atom is -0.385 e. The second-order valence-corrected chi connectivity index (χ2v) is 3.93. The van der Waals surface area contributed by atoms with E-state index in [0.717, 1.165) is 10.2 Å². The molecule has 0 fully saturated rings. The number of hydrogen-bond acceptors (Lipinski definition) is 5. The number of halogens is 1. The van der Waals surface area contributed by atoms with E-state index in [4.69, 9.17) is 5.73 Å². The first-order chi connectivity index (χ1) is 7.75. The molecule has 3 N–H and O–H groups in total. The van der Waals surface area contributed by atoms with Gasteiger partial charge in [0.25, 0.3) is 0 Å². The zero-order valence-corrected chi connectivity index (χ0v) is 9.85. The molecule has 0 unspecified atom stereocenters. The maximum absolute atomic E-state index is 5.44. The molecule has 6 nitrogen and oxygen atoms in total. The largest absolute Gasteiger partial charge is 0.385 e. The van der Waals surface area contributed by atoms with Crippen molar-refractivity contribution in [3.63, 3.8) is 0 Å².